The molecule has 2 saturated heterocycles. The molecule has 0 aromatic rings. The standard InChI is InChI=1S/C21H32O4/c1-3-4-5-6-7-8-9-10-11-12-13-21-15-14-20(2,25-21)16-17(21)19(23)24-18(16)22/h14-17H,3-13H2,1-2H3/t16?,17?,20-,21+/m1/s1. The molecule has 2 unspecified atom stereocenters. The van der Waals surface area contributed by atoms with Gasteiger partial charge in [-0.25, -0.2) is 0 Å². The van der Waals surface area contributed by atoms with Gasteiger partial charge >= 0.3 is 11.9 Å². The van der Waals surface area contributed by atoms with E-state index in [0.29, 0.717) is 0 Å². The Balaban J connectivity index is 1.38. The summed E-state index contributed by atoms with van der Waals surface area (Å²) in [5.74, 6) is -1.69. The molecule has 0 radical (unpaired) electrons. The van der Waals surface area contributed by atoms with E-state index in [1.165, 1.54) is 51.4 Å². The smallest absolute Gasteiger partial charge is 0.320 e. The van der Waals surface area contributed by atoms with Gasteiger partial charge in [0, 0.05) is 0 Å². The number of carbonyl (C=O) groups is 2. The number of unbranched alkanes of at least 4 members (excludes halogenated alkanes) is 9. The lowest BCUT2D eigenvalue weighted by atomic mass is 9.71. The Bertz CT molecular complexity index is 540. The Morgan fingerprint density at radius 1 is 0.840 bits per heavy atom. The fraction of sp³-hybridized carbons (Fsp3) is 0.810. The van der Waals surface area contributed by atoms with Gasteiger partial charge in [-0.15, -0.1) is 0 Å². The summed E-state index contributed by atoms with van der Waals surface area (Å²) in [6.07, 6.45) is 17.6. The molecule has 0 amide bonds. The summed E-state index contributed by atoms with van der Waals surface area (Å²) >= 11 is 0. The maximum atomic E-state index is 12.1. The first-order valence-corrected chi connectivity index (χ1v) is 10.2. The van der Waals surface area contributed by atoms with Gasteiger partial charge in [0.25, 0.3) is 0 Å². The predicted molar refractivity (Wildman–Crippen MR) is 95.9 cm³/mol. The summed E-state index contributed by atoms with van der Waals surface area (Å²) in [6, 6.07) is 0. The first-order valence-electron chi connectivity index (χ1n) is 10.2. The predicted octanol–water partition coefficient (Wildman–Crippen LogP) is 4.71. The van der Waals surface area contributed by atoms with E-state index in [1.807, 2.05) is 19.1 Å². The number of cyclic esters (lactones) is 2. The number of fused-ring (bicyclic) bond motifs is 5. The van der Waals surface area contributed by atoms with E-state index in [0.717, 1.165) is 19.3 Å². The van der Waals surface area contributed by atoms with E-state index in [1.54, 1.807) is 0 Å². The first kappa shape index (κ1) is 18.6. The minimum absolute atomic E-state index is 0.393. The van der Waals surface area contributed by atoms with E-state index in [2.05, 4.69) is 6.92 Å². The first-order chi connectivity index (χ1) is 12.0. The molecule has 25 heavy (non-hydrogen) atoms. The van der Waals surface area contributed by atoms with Gasteiger partial charge in [-0.1, -0.05) is 83.3 Å². The highest BCUT2D eigenvalue weighted by Gasteiger charge is 2.71. The van der Waals surface area contributed by atoms with Crippen LogP contribution in [0.5, 0.6) is 0 Å². The van der Waals surface area contributed by atoms with E-state index >= 15 is 0 Å². The normalized spacial score (nSPS) is 35.4. The number of rotatable bonds is 11. The van der Waals surface area contributed by atoms with Crippen molar-refractivity contribution in [3.8, 4) is 0 Å². The van der Waals surface area contributed by atoms with Gasteiger partial charge in [0.1, 0.15) is 17.4 Å². The van der Waals surface area contributed by atoms with Gasteiger partial charge in [0.2, 0.25) is 0 Å². The molecule has 0 aromatic carbocycles. The molecule has 4 heteroatoms. The van der Waals surface area contributed by atoms with Gasteiger partial charge in [-0.3, -0.25) is 9.59 Å². The zero-order chi connectivity index (χ0) is 17.9. The van der Waals surface area contributed by atoms with Crippen molar-refractivity contribution in [1.29, 1.82) is 0 Å². The molecular weight excluding hydrogens is 316 g/mol. The molecule has 0 spiro atoms. The lowest BCUT2D eigenvalue weighted by molar-refractivity contribution is -0.161. The molecule has 3 rings (SSSR count). The van der Waals surface area contributed by atoms with Crippen LogP contribution < -0.4 is 0 Å². The van der Waals surface area contributed by atoms with Crippen molar-refractivity contribution >= 4 is 11.9 Å². The Morgan fingerprint density at radius 2 is 1.40 bits per heavy atom. The van der Waals surface area contributed by atoms with Crippen LogP contribution in [0.1, 0.15) is 84.5 Å². The van der Waals surface area contributed by atoms with Crippen molar-refractivity contribution < 1.29 is 19.1 Å². The number of esters is 2. The molecule has 2 fully saturated rings. The summed E-state index contributed by atoms with van der Waals surface area (Å²) < 4.78 is 11.1. The molecule has 3 aliphatic rings. The summed E-state index contributed by atoms with van der Waals surface area (Å²) in [5.41, 5.74) is -1.27. The van der Waals surface area contributed by atoms with Crippen molar-refractivity contribution in [3.63, 3.8) is 0 Å². The van der Waals surface area contributed by atoms with E-state index in [-0.39, 0.29) is 0 Å². The van der Waals surface area contributed by atoms with Crippen molar-refractivity contribution in [2.45, 2.75) is 95.7 Å². The van der Waals surface area contributed by atoms with Gasteiger partial charge in [-0.05, 0) is 13.3 Å². The average Bonchev–Trinajstić information content (AvgIpc) is 3.16. The number of hydrogen-bond acceptors (Lipinski definition) is 4. The Hall–Kier alpha value is -1.16. The zero-order valence-electron chi connectivity index (χ0n) is 15.7. The van der Waals surface area contributed by atoms with Crippen LogP contribution in [0.2, 0.25) is 0 Å². The fourth-order valence-corrected chi connectivity index (χ4v) is 4.84. The Morgan fingerprint density at radius 3 is 2.04 bits per heavy atom. The quantitative estimate of drug-likeness (QED) is 0.235. The third-order valence-electron chi connectivity index (χ3n) is 6.21. The van der Waals surface area contributed by atoms with Crippen LogP contribution in [0, 0.1) is 11.8 Å². The van der Waals surface area contributed by atoms with Crippen molar-refractivity contribution in [1.82, 2.24) is 0 Å². The second kappa shape index (κ2) is 7.61. The monoisotopic (exact) mass is 348 g/mol. The summed E-state index contributed by atoms with van der Waals surface area (Å²) in [7, 11) is 0. The van der Waals surface area contributed by atoms with Crippen LogP contribution in [0.25, 0.3) is 0 Å². The molecule has 4 atom stereocenters. The van der Waals surface area contributed by atoms with Gasteiger partial charge in [0.05, 0.1) is 5.60 Å². The lowest BCUT2D eigenvalue weighted by Crippen LogP contribution is -2.38. The highest BCUT2D eigenvalue weighted by atomic mass is 16.6. The molecular formula is C21H32O4. The third kappa shape index (κ3) is 3.55. The van der Waals surface area contributed by atoms with Crippen LogP contribution in [0.4, 0.5) is 0 Å². The van der Waals surface area contributed by atoms with Crippen molar-refractivity contribution in [2.24, 2.45) is 11.8 Å². The van der Waals surface area contributed by atoms with E-state index in [9.17, 15) is 9.59 Å². The average molecular weight is 348 g/mol. The van der Waals surface area contributed by atoms with E-state index < -0.39 is 35.0 Å². The summed E-state index contributed by atoms with van der Waals surface area (Å²) in [6.45, 7) is 4.15. The molecule has 2 bridgehead atoms. The number of ether oxygens (including phenoxy) is 2. The molecule has 0 aliphatic carbocycles. The minimum atomic E-state index is -0.660. The third-order valence-corrected chi connectivity index (χ3v) is 6.21. The van der Waals surface area contributed by atoms with Gasteiger partial charge in [0.15, 0.2) is 0 Å². The maximum Gasteiger partial charge on any atom is 0.320 e. The minimum Gasteiger partial charge on any atom is -0.393 e. The van der Waals surface area contributed by atoms with E-state index in [4.69, 9.17) is 9.47 Å². The van der Waals surface area contributed by atoms with Crippen LogP contribution in [-0.2, 0) is 19.1 Å². The molecule has 0 saturated carbocycles. The van der Waals surface area contributed by atoms with Crippen molar-refractivity contribution in [3.05, 3.63) is 12.2 Å². The second-order valence-electron chi connectivity index (χ2n) is 8.20. The summed E-state index contributed by atoms with van der Waals surface area (Å²) in [4.78, 5) is 24.1. The second-order valence-corrected chi connectivity index (χ2v) is 8.20. The lowest BCUT2D eigenvalue weighted by Gasteiger charge is -2.27. The van der Waals surface area contributed by atoms with Crippen LogP contribution in [-0.4, -0.2) is 23.1 Å². The van der Waals surface area contributed by atoms with Crippen LogP contribution in [0.3, 0.4) is 0 Å². The molecule has 140 valence electrons. The van der Waals surface area contributed by atoms with Gasteiger partial charge < -0.3 is 9.47 Å². The number of carbonyl (C=O) groups excluding carboxylic acids is 2. The SMILES string of the molecule is CCCCCCCCCCCC[C@@]12C=C[C@@](C)(O1)C1C(=O)OC(=O)C12. The summed E-state index contributed by atoms with van der Waals surface area (Å²) in [5, 5.41) is 0. The molecule has 4 nitrogen and oxygen atoms in total. The zero-order valence-corrected chi connectivity index (χ0v) is 15.7. The van der Waals surface area contributed by atoms with Crippen LogP contribution >= 0.6 is 0 Å². The largest absolute Gasteiger partial charge is 0.393 e. The molecule has 0 N–H and O–H groups in total. The maximum absolute atomic E-state index is 12.1. The van der Waals surface area contributed by atoms with Crippen molar-refractivity contribution in [2.75, 3.05) is 0 Å². The Labute approximate surface area is 151 Å². The highest BCUT2D eigenvalue weighted by Crippen LogP contribution is 2.58. The molecule has 0 aromatic heterocycles. The fourth-order valence-electron chi connectivity index (χ4n) is 4.84. The van der Waals surface area contributed by atoms with Crippen LogP contribution in [0.15, 0.2) is 12.2 Å². The molecule has 3 aliphatic heterocycles. The highest BCUT2D eigenvalue weighted by molar-refractivity contribution is 5.99. The van der Waals surface area contributed by atoms with Gasteiger partial charge in [-0.2, -0.15) is 0 Å². The Kier molecular flexibility index (Phi) is 5.67. The number of hydrogen-bond donors (Lipinski definition) is 0. The topological polar surface area (TPSA) is 52.6 Å². The molecule has 3 heterocycles.